The summed E-state index contributed by atoms with van der Waals surface area (Å²) in [5.41, 5.74) is 2.65. The van der Waals surface area contributed by atoms with Crippen molar-refractivity contribution in [3.05, 3.63) is 35.4 Å². The Morgan fingerprint density at radius 2 is 2.16 bits per heavy atom. The second kappa shape index (κ2) is 9.78. The smallest absolute Gasteiger partial charge is 0.315 e. The van der Waals surface area contributed by atoms with Gasteiger partial charge in [-0.25, -0.2) is 4.79 Å². The highest BCUT2D eigenvalue weighted by Crippen LogP contribution is 2.28. The van der Waals surface area contributed by atoms with Crippen LogP contribution in [0.25, 0.3) is 0 Å². The Bertz CT molecular complexity index is 543. The summed E-state index contributed by atoms with van der Waals surface area (Å²) in [4.78, 5) is 12.2. The van der Waals surface area contributed by atoms with Gasteiger partial charge in [0.15, 0.2) is 0 Å². The molecule has 2 atom stereocenters. The van der Waals surface area contributed by atoms with E-state index in [0.717, 1.165) is 51.9 Å². The van der Waals surface area contributed by atoms with Gasteiger partial charge in [-0.1, -0.05) is 30.7 Å². The number of carbonyl (C=O) groups excluding carboxylic acids is 1. The number of hydrogen-bond donors (Lipinski definition) is 2. The van der Waals surface area contributed by atoms with Crippen molar-refractivity contribution in [1.82, 2.24) is 10.6 Å². The van der Waals surface area contributed by atoms with E-state index in [1.54, 1.807) is 0 Å². The molecular formula is C20H30N2O3. The van der Waals surface area contributed by atoms with Crippen LogP contribution in [0, 0.1) is 5.92 Å². The lowest BCUT2D eigenvalue weighted by Crippen LogP contribution is -2.38. The third-order valence-corrected chi connectivity index (χ3v) is 5.05. The number of carbonyl (C=O) groups is 1. The minimum atomic E-state index is -0.0779. The van der Waals surface area contributed by atoms with E-state index in [0.29, 0.717) is 19.1 Å². The van der Waals surface area contributed by atoms with Crippen molar-refractivity contribution in [2.75, 3.05) is 33.0 Å². The van der Waals surface area contributed by atoms with Gasteiger partial charge in [0.25, 0.3) is 0 Å². The van der Waals surface area contributed by atoms with Crippen molar-refractivity contribution >= 4 is 6.03 Å². The molecular weight excluding hydrogens is 316 g/mol. The lowest BCUT2D eigenvalue weighted by Gasteiger charge is -2.19. The number of nitrogens with one attached hydrogen (secondary N) is 2. The normalized spacial score (nSPS) is 22.9. The summed E-state index contributed by atoms with van der Waals surface area (Å²) in [7, 11) is 0. The minimum absolute atomic E-state index is 0.0779. The molecule has 0 spiro atoms. The average molecular weight is 346 g/mol. The van der Waals surface area contributed by atoms with Crippen LogP contribution in [-0.4, -0.2) is 39.0 Å². The number of aryl methyl sites for hydroxylation is 1. The molecule has 5 heteroatoms. The molecule has 0 saturated carbocycles. The van der Waals surface area contributed by atoms with Gasteiger partial charge in [0.1, 0.15) is 0 Å². The molecule has 5 nitrogen and oxygen atoms in total. The zero-order chi connectivity index (χ0) is 17.3. The topological polar surface area (TPSA) is 59.6 Å². The van der Waals surface area contributed by atoms with Crippen LogP contribution < -0.4 is 10.6 Å². The van der Waals surface area contributed by atoms with E-state index in [1.807, 2.05) is 0 Å². The molecule has 1 aromatic carbocycles. The third kappa shape index (κ3) is 5.72. The number of rotatable bonds is 7. The third-order valence-electron chi connectivity index (χ3n) is 5.05. The van der Waals surface area contributed by atoms with Crippen LogP contribution in [-0.2, 0) is 15.9 Å². The van der Waals surface area contributed by atoms with E-state index in [-0.39, 0.29) is 12.1 Å². The maximum atomic E-state index is 12.2. The van der Waals surface area contributed by atoms with Gasteiger partial charge in [0.2, 0.25) is 0 Å². The average Bonchev–Trinajstić information content (AvgIpc) is 3.06. The molecule has 1 aromatic rings. The van der Waals surface area contributed by atoms with E-state index >= 15 is 0 Å². The number of ether oxygens (including phenoxy) is 2. The Hall–Kier alpha value is -1.59. The second-order valence-corrected chi connectivity index (χ2v) is 7.06. The molecule has 2 N–H and O–H groups in total. The summed E-state index contributed by atoms with van der Waals surface area (Å²) in [5, 5.41) is 6.10. The Labute approximate surface area is 150 Å². The largest absolute Gasteiger partial charge is 0.381 e. The zero-order valence-corrected chi connectivity index (χ0v) is 15.0. The van der Waals surface area contributed by atoms with Crippen molar-refractivity contribution in [2.24, 2.45) is 5.92 Å². The van der Waals surface area contributed by atoms with Crippen LogP contribution >= 0.6 is 0 Å². The molecule has 2 aliphatic rings. The van der Waals surface area contributed by atoms with Gasteiger partial charge in [-0.05, 0) is 43.2 Å². The van der Waals surface area contributed by atoms with Crippen LogP contribution in [0.15, 0.2) is 24.3 Å². The predicted molar refractivity (Wildman–Crippen MR) is 97.6 cm³/mol. The summed E-state index contributed by atoms with van der Waals surface area (Å²) in [6.45, 7) is 3.78. The molecule has 25 heavy (non-hydrogen) atoms. The summed E-state index contributed by atoms with van der Waals surface area (Å²) >= 11 is 0. The SMILES string of the molecule is O=C(NCCCOC[C@@H]1CCOC1)N[C@@H]1CCCCc2ccccc21. The van der Waals surface area contributed by atoms with Crippen LogP contribution in [0.5, 0.6) is 0 Å². The summed E-state index contributed by atoms with van der Waals surface area (Å²) in [6.07, 6.45) is 6.40. The fourth-order valence-corrected chi connectivity index (χ4v) is 3.62. The predicted octanol–water partition coefficient (Wildman–Crippen LogP) is 3.20. The van der Waals surface area contributed by atoms with E-state index < -0.39 is 0 Å². The Kier molecular flexibility index (Phi) is 7.12. The number of fused-ring (bicyclic) bond motifs is 1. The molecule has 138 valence electrons. The number of amides is 2. The highest BCUT2D eigenvalue weighted by atomic mass is 16.5. The molecule has 3 rings (SSSR count). The van der Waals surface area contributed by atoms with E-state index in [4.69, 9.17) is 9.47 Å². The fraction of sp³-hybridized carbons (Fsp3) is 0.650. The van der Waals surface area contributed by atoms with Gasteiger partial charge < -0.3 is 20.1 Å². The maximum Gasteiger partial charge on any atom is 0.315 e. The quantitative estimate of drug-likeness (QED) is 0.589. The molecule has 0 bridgehead atoms. The maximum absolute atomic E-state index is 12.2. The van der Waals surface area contributed by atoms with Gasteiger partial charge in [0.05, 0.1) is 19.3 Å². The molecule has 1 heterocycles. The molecule has 0 aromatic heterocycles. The highest BCUT2D eigenvalue weighted by molar-refractivity contribution is 5.74. The summed E-state index contributed by atoms with van der Waals surface area (Å²) in [5.74, 6) is 0.548. The first-order chi connectivity index (χ1) is 12.3. The van der Waals surface area contributed by atoms with Crippen molar-refractivity contribution in [3.8, 4) is 0 Å². The molecule has 0 unspecified atom stereocenters. The van der Waals surface area contributed by atoms with E-state index in [1.165, 1.54) is 17.5 Å². The second-order valence-electron chi connectivity index (χ2n) is 7.06. The van der Waals surface area contributed by atoms with Gasteiger partial charge in [0, 0.05) is 25.7 Å². The van der Waals surface area contributed by atoms with Gasteiger partial charge in [-0.15, -0.1) is 0 Å². The van der Waals surface area contributed by atoms with Crippen molar-refractivity contribution < 1.29 is 14.3 Å². The lowest BCUT2D eigenvalue weighted by molar-refractivity contribution is 0.0885. The van der Waals surface area contributed by atoms with Gasteiger partial charge in [-0.3, -0.25) is 0 Å². The first-order valence-electron chi connectivity index (χ1n) is 9.60. The highest BCUT2D eigenvalue weighted by Gasteiger charge is 2.20. The first kappa shape index (κ1) is 18.2. The first-order valence-corrected chi connectivity index (χ1v) is 9.60. The molecule has 0 radical (unpaired) electrons. The molecule has 1 aliphatic carbocycles. The number of urea groups is 1. The molecule has 1 saturated heterocycles. The fourth-order valence-electron chi connectivity index (χ4n) is 3.62. The van der Waals surface area contributed by atoms with Gasteiger partial charge in [-0.2, -0.15) is 0 Å². The van der Waals surface area contributed by atoms with Crippen LogP contribution in [0.1, 0.15) is 49.3 Å². The van der Waals surface area contributed by atoms with E-state index in [2.05, 4.69) is 34.9 Å². The van der Waals surface area contributed by atoms with Crippen LogP contribution in [0.2, 0.25) is 0 Å². The Morgan fingerprint density at radius 3 is 3.04 bits per heavy atom. The molecule has 1 fully saturated rings. The van der Waals surface area contributed by atoms with Crippen molar-refractivity contribution in [1.29, 1.82) is 0 Å². The number of hydrogen-bond acceptors (Lipinski definition) is 3. The Balaban J connectivity index is 1.33. The summed E-state index contributed by atoms with van der Waals surface area (Å²) < 4.78 is 11.0. The van der Waals surface area contributed by atoms with Crippen molar-refractivity contribution in [2.45, 2.75) is 44.6 Å². The summed E-state index contributed by atoms with van der Waals surface area (Å²) in [6, 6.07) is 8.51. The van der Waals surface area contributed by atoms with Crippen LogP contribution in [0.4, 0.5) is 4.79 Å². The lowest BCUT2D eigenvalue weighted by atomic mass is 9.99. The minimum Gasteiger partial charge on any atom is -0.381 e. The van der Waals surface area contributed by atoms with Crippen molar-refractivity contribution in [3.63, 3.8) is 0 Å². The zero-order valence-electron chi connectivity index (χ0n) is 15.0. The van der Waals surface area contributed by atoms with Crippen LogP contribution in [0.3, 0.4) is 0 Å². The van der Waals surface area contributed by atoms with E-state index in [9.17, 15) is 4.79 Å². The molecule has 2 amide bonds. The molecule has 1 aliphatic heterocycles. The van der Waals surface area contributed by atoms with Gasteiger partial charge >= 0.3 is 6.03 Å². The monoisotopic (exact) mass is 346 g/mol. The number of benzene rings is 1. The Morgan fingerprint density at radius 1 is 1.24 bits per heavy atom. The standard InChI is InChI=1S/C20H30N2O3/c23-20(21-11-5-12-24-14-16-10-13-25-15-16)22-19-9-4-2-7-17-6-1-3-8-18(17)19/h1,3,6,8,16,19H,2,4-5,7,9-15H2,(H2,21,22,23)/t16-,19+/m0/s1.